The van der Waals surface area contributed by atoms with Crippen LogP contribution >= 0.6 is 11.6 Å². The van der Waals surface area contributed by atoms with E-state index in [0.717, 1.165) is 87.1 Å². The van der Waals surface area contributed by atoms with Crippen LogP contribution < -0.4 is 19.7 Å². The second kappa shape index (κ2) is 16.9. The average Bonchev–Trinajstić information content (AvgIpc) is 4.14. The fourth-order valence-electron chi connectivity index (χ4n) is 10.5. The van der Waals surface area contributed by atoms with E-state index in [1.807, 2.05) is 36.4 Å². The zero-order chi connectivity index (χ0) is 46.2. The Morgan fingerprint density at radius 1 is 1.04 bits per heavy atom. The van der Waals surface area contributed by atoms with E-state index in [0.29, 0.717) is 41.6 Å². The summed E-state index contributed by atoms with van der Waals surface area (Å²) in [5, 5.41) is 21.9. The maximum Gasteiger partial charge on any atom is 0.297 e. The van der Waals surface area contributed by atoms with Crippen LogP contribution in [0.4, 0.5) is 17.1 Å². The molecule has 7 heterocycles. The summed E-state index contributed by atoms with van der Waals surface area (Å²) in [6.45, 7) is 10.8. The van der Waals surface area contributed by atoms with Gasteiger partial charge < -0.3 is 24.7 Å². The van der Waals surface area contributed by atoms with E-state index in [-0.39, 0.29) is 41.2 Å². The second-order valence-electron chi connectivity index (χ2n) is 19.2. The lowest BCUT2D eigenvalue weighted by atomic mass is 9.72. The third kappa shape index (κ3) is 8.49. The van der Waals surface area contributed by atoms with Gasteiger partial charge in [-0.15, -0.1) is 0 Å². The molecule has 3 saturated heterocycles. The molecule has 3 atom stereocenters. The summed E-state index contributed by atoms with van der Waals surface area (Å²) in [7, 11) is -4.67. The number of allylic oxidation sites excluding steroid dienone is 1. The number of benzene rings is 3. The highest BCUT2D eigenvalue weighted by atomic mass is 35.5. The second-order valence-corrected chi connectivity index (χ2v) is 21.3. The molecule has 6 aromatic rings. The van der Waals surface area contributed by atoms with Crippen LogP contribution in [0.25, 0.3) is 33.3 Å². The lowest BCUT2D eigenvalue weighted by Gasteiger charge is -2.39. The molecular formula is C48H51ClN10O7S. The normalized spacial score (nSPS) is 22.0. The molecule has 0 saturated carbocycles. The van der Waals surface area contributed by atoms with Crippen molar-refractivity contribution in [1.29, 1.82) is 0 Å². The number of nitrogens with zero attached hydrogens (tertiary/aromatic N) is 7. The number of rotatable bonds is 11. The van der Waals surface area contributed by atoms with Gasteiger partial charge in [0.2, 0.25) is 0 Å². The average molecular weight is 948 g/mol. The number of morpholine rings is 1. The Morgan fingerprint density at radius 2 is 1.87 bits per heavy atom. The highest BCUT2D eigenvalue weighted by Gasteiger charge is 2.41. The smallest absolute Gasteiger partial charge is 0.297 e. The number of anilines is 2. The third-order valence-corrected chi connectivity index (χ3v) is 15.7. The van der Waals surface area contributed by atoms with Crippen LogP contribution in [-0.4, -0.2) is 126 Å². The molecule has 1 amide bonds. The van der Waals surface area contributed by atoms with Crippen molar-refractivity contribution < 1.29 is 27.6 Å². The summed E-state index contributed by atoms with van der Waals surface area (Å²) in [4.78, 5) is 40.6. The lowest BCUT2D eigenvalue weighted by molar-refractivity contribution is -0.384. The van der Waals surface area contributed by atoms with E-state index in [4.69, 9.17) is 26.1 Å². The molecule has 2 bridgehead atoms. The summed E-state index contributed by atoms with van der Waals surface area (Å²) in [6, 6.07) is 19.5. The predicted molar refractivity (Wildman–Crippen MR) is 256 cm³/mol. The Bertz CT molecular complexity index is 3090. The number of carbonyl (C=O) groups excluding carboxylic acids is 1. The number of hydrogen-bond acceptors (Lipinski definition) is 13. The van der Waals surface area contributed by atoms with Crippen LogP contribution in [0, 0.1) is 15.5 Å². The Morgan fingerprint density at radius 3 is 2.63 bits per heavy atom. The molecule has 0 radical (unpaired) electrons. The van der Waals surface area contributed by atoms with E-state index < -0.39 is 31.4 Å². The topological polar surface area (TPSA) is 193 Å². The maximum atomic E-state index is 14.4. The summed E-state index contributed by atoms with van der Waals surface area (Å²) < 4.78 is 43.7. The number of nitrogens with one attached hydrogen (secondary N) is 3. The molecule has 0 unspecified atom stereocenters. The van der Waals surface area contributed by atoms with Gasteiger partial charge in [0.25, 0.3) is 21.6 Å². The SMILES string of the molecule is CC1(C)CCC(CN2CCN(c3ccc(C(=O)NS(=O)(=O)c4cc5c(c([N+](=O)[O-])c4)N[C@H](CN4C[C@@H]6C[C@H]4CO6)CO5)c(-n4ncc5nc6[nH]ccc6cc54)c3)CC2)=C(c2ccc(Cl)cc2)C1. The first kappa shape index (κ1) is 43.5. The van der Waals surface area contributed by atoms with Gasteiger partial charge in [-0.3, -0.25) is 24.7 Å². The number of likely N-dealkylation sites (tertiary alicyclic amines) is 1. The quantitative estimate of drug-likeness (QED) is 0.0888. The number of halogens is 1. The number of aromatic amines is 1. The fraction of sp³-hybridized carbons (Fsp3) is 0.396. The molecule has 11 rings (SSSR count). The van der Waals surface area contributed by atoms with Gasteiger partial charge in [-0.05, 0) is 84.7 Å². The number of ether oxygens (including phenoxy) is 2. The molecule has 3 fully saturated rings. The van der Waals surface area contributed by atoms with E-state index in [1.165, 1.54) is 22.8 Å². The highest BCUT2D eigenvalue weighted by molar-refractivity contribution is 7.90. The molecule has 67 heavy (non-hydrogen) atoms. The highest BCUT2D eigenvalue weighted by Crippen LogP contribution is 2.44. The van der Waals surface area contributed by atoms with Crippen molar-refractivity contribution in [2.24, 2.45) is 5.41 Å². The van der Waals surface area contributed by atoms with Gasteiger partial charge in [0.15, 0.2) is 11.4 Å². The third-order valence-electron chi connectivity index (χ3n) is 14.1. The number of H-pyrrole nitrogens is 1. The summed E-state index contributed by atoms with van der Waals surface area (Å²) >= 11 is 6.27. The van der Waals surface area contributed by atoms with Crippen molar-refractivity contribution in [3.8, 4) is 11.4 Å². The largest absolute Gasteiger partial charge is 0.489 e. The molecular weight excluding hydrogens is 896 g/mol. The minimum absolute atomic E-state index is 0.0164. The van der Waals surface area contributed by atoms with Gasteiger partial charge in [0.1, 0.15) is 17.8 Å². The fourth-order valence-corrected chi connectivity index (χ4v) is 11.6. The first-order chi connectivity index (χ1) is 32.2. The van der Waals surface area contributed by atoms with Crippen LogP contribution in [0.2, 0.25) is 5.02 Å². The number of piperazine rings is 1. The van der Waals surface area contributed by atoms with E-state index >= 15 is 0 Å². The van der Waals surface area contributed by atoms with Gasteiger partial charge in [0, 0.05) is 86.3 Å². The number of nitro benzene ring substituents is 1. The molecule has 1 aliphatic carbocycles. The molecule has 0 spiro atoms. The van der Waals surface area contributed by atoms with Crippen molar-refractivity contribution in [2.75, 3.05) is 69.2 Å². The van der Waals surface area contributed by atoms with E-state index in [1.54, 1.807) is 23.1 Å². The Kier molecular flexibility index (Phi) is 11.0. The maximum absolute atomic E-state index is 14.4. The number of amides is 1. The number of nitro groups is 1. The van der Waals surface area contributed by atoms with Gasteiger partial charge in [-0.1, -0.05) is 43.2 Å². The first-order valence-corrected chi connectivity index (χ1v) is 24.6. The molecule has 3 aromatic heterocycles. The minimum Gasteiger partial charge on any atom is -0.489 e. The predicted octanol–water partition coefficient (Wildman–Crippen LogP) is 7.01. The van der Waals surface area contributed by atoms with E-state index in [2.05, 4.69) is 60.8 Å². The number of fused-ring (bicyclic) bond motifs is 5. The molecule has 5 aliphatic rings. The molecule has 348 valence electrons. The molecule has 3 aromatic carbocycles. The van der Waals surface area contributed by atoms with Gasteiger partial charge in [0.05, 0.1) is 51.5 Å². The van der Waals surface area contributed by atoms with Gasteiger partial charge in [-0.25, -0.2) is 22.8 Å². The van der Waals surface area contributed by atoms with Gasteiger partial charge >= 0.3 is 0 Å². The number of carbonyl (C=O) groups is 1. The van der Waals surface area contributed by atoms with Crippen molar-refractivity contribution in [3.05, 3.63) is 111 Å². The van der Waals surface area contributed by atoms with Crippen molar-refractivity contribution in [1.82, 2.24) is 34.3 Å². The molecule has 19 heteroatoms. The van der Waals surface area contributed by atoms with Crippen LogP contribution in [0.5, 0.6) is 5.75 Å². The summed E-state index contributed by atoms with van der Waals surface area (Å²) in [6.07, 6.45) is 7.73. The van der Waals surface area contributed by atoms with Crippen LogP contribution in [-0.2, 0) is 14.8 Å². The zero-order valence-electron chi connectivity index (χ0n) is 37.2. The molecule has 17 nitrogen and oxygen atoms in total. The summed E-state index contributed by atoms with van der Waals surface area (Å²) in [5.74, 6) is -0.919. The zero-order valence-corrected chi connectivity index (χ0v) is 38.8. The monoisotopic (exact) mass is 946 g/mol. The Balaban J connectivity index is 0.858. The number of hydrogen-bond donors (Lipinski definition) is 3. The molecule has 4 aliphatic heterocycles. The van der Waals surface area contributed by atoms with Crippen LogP contribution in [0.3, 0.4) is 0 Å². The number of pyridine rings is 1. The first-order valence-electron chi connectivity index (χ1n) is 22.8. The van der Waals surface area contributed by atoms with Crippen LogP contribution in [0.1, 0.15) is 55.5 Å². The number of sulfonamides is 1. The summed E-state index contributed by atoms with van der Waals surface area (Å²) in [5.41, 5.74) is 7.03. The van der Waals surface area contributed by atoms with Crippen molar-refractivity contribution in [3.63, 3.8) is 0 Å². The van der Waals surface area contributed by atoms with Crippen molar-refractivity contribution >= 4 is 72.2 Å². The Labute approximate surface area is 392 Å². The van der Waals surface area contributed by atoms with Crippen LogP contribution in [0.15, 0.2) is 89.6 Å². The minimum atomic E-state index is -4.67. The molecule has 3 N–H and O–H groups in total. The van der Waals surface area contributed by atoms with Gasteiger partial charge in [-0.2, -0.15) is 5.10 Å². The Hall–Kier alpha value is -6.05. The van der Waals surface area contributed by atoms with Crippen molar-refractivity contribution in [2.45, 2.75) is 62.6 Å². The lowest BCUT2D eigenvalue weighted by Crippen LogP contribution is -2.47. The van der Waals surface area contributed by atoms with E-state index in [9.17, 15) is 23.3 Å². The standard InChI is InChI=1S/C48H51ClN10O7S/c1-48(2)11-9-31(39(22-48)29-3-5-32(49)6-4-29)24-55-13-15-56(16-14-55)34-7-8-38(41(19-34)58-42-17-30-10-12-50-46(30)53-40(42)23-51-58)47(60)54-67(63,64)37-20-43(59(61)62)45-44(21-37)66-27-33(52-45)25-57-26-36-18-35(57)28-65-36/h3-8,10,12,17,19-21,23,33,35-36,52H,9,11,13-16,18,22,24-28H2,1-2H3,(H,50,53)(H,54,60)/t33-,35+,36+/m1/s1. The number of aromatic nitrogens is 4.